The molecule has 0 saturated heterocycles. The Labute approximate surface area is 254 Å². The molecule has 0 heterocycles. The molecule has 3 aliphatic carbocycles. The summed E-state index contributed by atoms with van der Waals surface area (Å²) in [7, 11) is 0. The molecule has 0 atom stereocenters. The molecule has 4 nitrogen and oxygen atoms in total. The zero-order valence-electron chi connectivity index (χ0n) is 21.8. The zero-order chi connectivity index (χ0) is 28.8. The van der Waals surface area contributed by atoms with Gasteiger partial charge in [0, 0.05) is 25.5 Å². The van der Waals surface area contributed by atoms with Gasteiger partial charge in [-0.05, 0) is 115 Å². The van der Waals surface area contributed by atoms with Crippen LogP contribution >= 0.6 is 31.9 Å². The molecule has 7 rings (SSSR count). The molecular formula is C35H16Br2N4. The van der Waals surface area contributed by atoms with Crippen LogP contribution in [0, 0.1) is 35.8 Å². The maximum Gasteiger partial charge on any atom is 0.270 e. The molecule has 0 amide bonds. The van der Waals surface area contributed by atoms with Gasteiger partial charge < -0.3 is 0 Å². The largest absolute Gasteiger partial charge is 0.270 e. The van der Waals surface area contributed by atoms with Gasteiger partial charge in [-0.1, -0.05) is 57.8 Å². The first-order valence-electron chi connectivity index (χ1n) is 12.8. The topological polar surface area (TPSA) is 56.3 Å². The van der Waals surface area contributed by atoms with Gasteiger partial charge in [0.2, 0.25) is 0 Å². The first-order chi connectivity index (χ1) is 19.7. The van der Waals surface area contributed by atoms with Crippen molar-refractivity contribution >= 4 is 43.0 Å². The SMILES string of the molecule is [C-]#[N+]/C(C#N)=C1\c2cc(Br)ccc2-c2cc3c(cc21)-c1cc2c(cc1C3(C)C)-c1ccc(Br)cc1/C2=C(\C#N)[N+]#[C-]. The fraction of sp³-hybridized carbons (Fsp3) is 0.0857. The van der Waals surface area contributed by atoms with E-state index in [4.69, 9.17) is 13.1 Å². The van der Waals surface area contributed by atoms with E-state index in [9.17, 15) is 10.5 Å². The van der Waals surface area contributed by atoms with Gasteiger partial charge in [0.15, 0.2) is 0 Å². The summed E-state index contributed by atoms with van der Waals surface area (Å²) in [6.45, 7) is 19.9. The number of allylic oxidation sites excluding steroid dienone is 2. The lowest BCUT2D eigenvalue weighted by atomic mass is 9.80. The van der Waals surface area contributed by atoms with Gasteiger partial charge in [-0.25, -0.2) is 20.2 Å². The summed E-state index contributed by atoms with van der Waals surface area (Å²) in [5.74, 6) is 0. The van der Waals surface area contributed by atoms with Gasteiger partial charge >= 0.3 is 0 Å². The van der Waals surface area contributed by atoms with Crippen LogP contribution in [-0.2, 0) is 5.41 Å². The normalized spacial score (nSPS) is 16.5. The number of hydrogen-bond donors (Lipinski definition) is 0. The number of benzene rings is 4. The number of fused-ring (bicyclic) bond motifs is 9. The van der Waals surface area contributed by atoms with E-state index in [1.165, 1.54) is 11.1 Å². The number of halogens is 2. The summed E-state index contributed by atoms with van der Waals surface area (Å²) in [6.07, 6.45) is 0. The van der Waals surface area contributed by atoms with E-state index in [0.29, 0.717) is 11.1 Å². The van der Waals surface area contributed by atoms with Crippen LogP contribution in [0.15, 0.2) is 81.0 Å². The van der Waals surface area contributed by atoms with E-state index in [0.717, 1.165) is 64.6 Å². The van der Waals surface area contributed by atoms with Crippen LogP contribution in [0.2, 0.25) is 0 Å². The maximum atomic E-state index is 9.89. The first kappa shape index (κ1) is 25.3. The van der Waals surface area contributed by atoms with Crippen molar-refractivity contribution in [2.45, 2.75) is 19.3 Å². The third-order valence-electron chi connectivity index (χ3n) is 8.48. The molecule has 0 fully saturated rings. The molecule has 0 spiro atoms. The van der Waals surface area contributed by atoms with Crippen molar-refractivity contribution in [3.05, 3.63) is 137 Å². The third-order valence-corrected chi connectivity index (χ3v) is 9.47. The summed E-state index contributed by atoms with van der Waals surface area (Å²) in [6, 6.07) is 24.9. The fourth-order valence-corrected chi connectivity index (χ4v) is 7.40. The number of nitriles is 2. The molecule has 0 aromatic heterocycles. The molecule has 0 unspecified atom stereocenters. The van der Waals surface area contributed by atoms with Crippen LogP contribution in [0.25, 0.3) is 54.2 Å². The van der Waals surface area contributed by atoms with Gasteiger partial charge in [0.05, 0.1) is 25.3 Å². The average molecular weight is 652 g/mol. The quantitative estimate of drug-likeness (QED) is 0.121. The van der Waals surface area contributed by atoms with Crippen LogP contribution < -0.4 is 0 Å². The lowest BCUT2D eigenvalue weighted by Gasteiger charge is -2.23. The van der Waals surface area contributed by atoms with Gasteiger partial charge in [-0.15, -0.1) is 0 Å². The average Bonchev–Trinajstić information content (AvgIpc) is 3.52. The Morgan fingerprint density at radius 2 is 0.976 bits per heavy atom. The van der Waals surface area contributed by atoms with Gasteiger partial charge in [0.1, 0.15) is 0 Å². The van der Waals surface area contributed by atoms with Crippen molar-refractivity contribution in [3.8, 4) is 45.5 Å². The molecule has 41 heavy (non-hydrogen) atoms. The maximum absolute atomic E-state index is 9.89. The minimum absolute atomic E-state index is 0.0662. The Balaban J connectivity index is 1.55. The van der Waals surface area contributed by atoms with E-state index >= 15 is 0 Å². The second-order valence-electron chi connectivity index (χ2n) is 10.8. The molecule has 3 aliphatic rings. The van der Waals surface area contributed by atoms with Crippen molar-refractivity contribution in [1.82, 2.24) is 0 Å². The molecular weight excluding hydrogens is 636 g/mol. The van der Waals surface area contributed by atoms with E-state index in [1.807, 2.05) is 36.4 Å². The highest BCUT2D eigenvalue weighted by Gasteiger charge is 2.41. The predicted octanol–water partition coefficient (Wildman–Crippen LogP) is 9.88. The van der Waals surface area contributed by atoms with E-state index < -0.39 is 0 Å². The molecule has 0 N–H and O–H groups in total. The summed E-state index contributed by atoms with van der Waals surface area (Å²) in [5.41, 5.74) is 13.1. The highest BCUT2D eigenvalue weighted by molar-refractivity contribution is 9.10. The van der Waals surface area contributed by atoms with Gasteiger partial charge in [-0.3, -0.25) is 0 Å². The van der Waals surface area contributed by atoms with Crippen LogP contribution in [0.1, 0.15) is 47.2 Å². The fourth-order valence-electron chi connectivity index (χ4n) is 6.67. The molecule has 4 aromatic carbocycles. The Bertz CT molecular complexity index is 2000. The second-order valence-corrected chi connectivity index (χ2v) is 12.6. The van der Waals surface area contributed by atoms with E-state index in [2.05, 4.69) is 91.8 Å². The van der Waals surface area contributed by atoms with Gasteiger partial charge in [-0.2, -0.15) is 0 Å². The van der Waals surface area contributed by atoms with Crippen molar-refractivity contribution in [1.29, 1.82) is 10.5 Å². The smallest absolute Gasteiger partial charge is 0.226 e. The summed E-state index contributed by atoms with van der Waals surface area (Å²) >= 11 is 7.13. The highest BCUT2D eigenvalue weighted by atomic mass is 79.9. The molecule has 4 aromatic rings. The second kappa shape index (κ2) is 8.64. The molecule has 6 heteroatoms. The zero-order valence-corrected chi connectivity index (χ0v) is 25.0. The summed E-state index contributed by atoms with van der Waals surface area (Å²) in [5, 5.41) is 19.8. The standard InChI is InChI=1S/C35H16Br2N4/c1-35(2)29-13-21-19-7-5-17(36)9-25(19)33(31(15-38)40-3)27(21)11-23(29)24-12-28-22(14-30(24)35)20-8-6-18(37)10-26(20)34(28)32(16-39)41-4/h5-14H,1-2H3/b33-31-,34-32+. The monoisotopic (exact) mass is 650 g/mol. The Morgan fingerprint density at radius 1 is 0.585 bits per heavy atom. The predicted molar refractivity (Wildman–Crippen MR) is 167 cm³/mol. The molecule has 0 radical (unpaired) electrons. The Morgan fingerprint density at radius 3 is 1.34 bits per heavy atom. The number of nitrogens with zero attached hydrogens (tertiary/aromatic N) is 4. The van der Waals surface area contributed by atoms with E-state index in [-0.39, 0.29) is 16.8 Å². The minimum Gasteiger partial charge on any atom is -0.226 e. The van der Waals surface area contributed by atoms with Crippen LogP contribution in [-0.4, -0.2) is 0 Å². The Kier molecular flexibility index (Phi) is 5.32. The van der Waals surface area contributed by atoms with Crippen molar-refractivity contribution in [2.75, 3.05) is 0 Å². The minimum atomic E-state index is -0.325. The third kappa shape index (κ3) is 3.27. The lowest BCUT2D eigenvalue weighted by molar-refractivity contribution is 0.661. The summed E-state index contributed by atoms with van der Waals surface area (Å²) < 4.78 is 1.77. The van der Waals surface area contributed by atoms with Crippen LogP contribution in [0.3, 0.4) is 0 Å². The summed E-state index contributed by atoms with van der Waals surface area (Å²) in [4.78, 5) is 7.18. The number of hydrogen-bond acceptors (Lipinski definition) is 2. The lowest BCUT2D eigenvalue weighted by Crippen LogP contribution is -2.15. The van der Waals surface area contributed by atoms with Crippen molar-refractivity contribution in [3.63, 3.8) is 0 Å². The van der Waals surface area contributed by atoms with Crippen LogP contribution in [0.4, 0.5) is 0 Å². The molecule has 0 aliphatic heterocycles. The molecule has 0 saturated carbocycles. The molecule has 190 valence electrons. The van der Waals surface area contributed by atoms with Gasteiger partial charge in [0.25, 0.3) is 11.4 Å². The van der Waals surface area contributed by atoms with Crippen molar-refractivity contribution in [2.24, 2.45) is 0 Å². The first-order valence-corrected chi connectivity index (χ1v) is 14.3. The Hall–Kier alpha value is -4.72. The molecule has 0 bridgehead atoms. The van der Waals surface area contributed by atoms with Crippen molar-refractivity contribution < 1.29 is 0 Å². The number of rotatable bonds is 0. The highest BCUT2D eigenvalue weighted by Crippen LogP contribution is 2.58. The van der Waals surface area contributed by atoms with E-state index in [1.54, 1.807) is 0 Å². The van der Waals surface area contributed by atoms with Crippen LogP contribution in [0.5, 0.6) is 0 Å².